The van der Waals surface area contributed by atoms with Crippen molar-refractivity contribution in [3.8, 4) is 5.75 Å². The summed E-state index contributed by atoms with van der Waals surface area (Å²) < 4.78 is 5.78. The topological polar surface area (TPSA) is 45.7 Å². The number of ether oxygens (including phenoxy) is 1. The minimum absolute atomic E-state index is 0.477. The fourth-order valence-electron chi connectivity index (χ4n) is 3.07. The van der Waals surface area contributed by atoms with E-state index in [9.17, 15) is 0 Å². The summed E-state index contributed by atoms with van der Waals surface area (Å²) in [5.74, 6) is 0.801. The molecule has 142 valence electrons. The van der Waals surface area contributed by atoms with E-state index in [0.717, 1.165) is 16.9 Å². The second kappa shape index (κ2) is 10.3. The molecule has 2 N–H and O–H groups in total. The molecule has 2 aromatic rings. The molecule has 1 aliphatic carbocycles. The van der Waals surface area contributed by atoms with Crippen LogP contribution in [0.2, 0.25) is 5.02 Å². The Hall–Kier alpha value is -2.11. The lowest BCUT2D eigenvalue weighted by molar-refractivity contribution is 0.306. The number of hydrogen-bond donors (Lipinski definition) is 2. The maximum atomic E-state index is 5.98. The molecule has 2 aromatic carbocycles. The number of thiocarbonyl (C=S) groups is 1. The average molecular weight is 402 g/mol. The van der Waals surface area contributed by atoms with Crippen molar-refractivity contribution in [1.82, 2.24) is 10.7 Å². The fourth-order valence-corrected chi connectivity index (χ4v) is 3.51. The molecule has 4 nitrogen and oxygen atoms in total. The van der Waals surface area contributed by atoms with Gasteiger partial charge in [-0.05, 0) is 72.6 Å². The Balaban J connectivity index is 1.42. The molecule has 3 rings (SSSR count). The lowest BCUT2D eigenvalue weighted by atomic mass is 9.96. The third kappa shape index (κ3) is 6.85. The normalized spacial score (nSPS) is 14.9. The van der Waals surface area contributed by atoms with Gasteiger partial charge in [0, 0.05) is 11.1 Å². The highest BCUT2D eigenvalue weighted by Crippen LogP contribution is 2.17. The van der Waals surface area contributed by atoms with Crippen LogP contribution < -0.4 is 15.5 Å². The number of hydrogen-bond acceptors (Lipinski definition) is 3. The monoisotopic (exact) mass is 401 g/mol. The minimum Gasteiger partial charge on any atom is -0.489 e. The smallest absolute Gasteiger partial charge is 0.187 e. The van der Waals surface area contributed by atoms with Crippen molar-refractivity contribution in [2.45, 2.75) is 44.8 Å². The van der Waals surface area contributed by atoms with Gasteiger partial charge < -0.3 is 10.1 Å². The zero-order valence-electron chi connectivity index (χ0n) is 15.2. The van der Waals surface area contributed by atoms with E-state index >= 15 is 0 Å². The van der Waals surface area contributed by atoms with Crippen molar-refractivity contribution >= 4 is 35.1 Å². The Morgan fingerprint density at radius 1 is 1.15 bits per heavy atom. The lowest BCUT2D eigenvalue weighted by Crippen LogP contribution is -2.40. The molecule has 0 heterocycles. The predicted octanol–water partition coefficient (Wildman–Crippen LogP) is 5.05. The van der Waals surface area contributed by atoms with Crippen LogP contribution in [-0.4, -0.2) is 17.4 Å². The van der Waals surface area contributed by atoms with Crippen molar-refractivity contribution in [1.29, 1.82) is 0 Å². The number of rotatable bonds is 6. The van der Waals surface area contributed by atoms with Gasteiger partial charge in [0.05, 0.1) is 6.21 Å². The third-order valence-electron chi connectivity index (χ3n) is 4.49. The first kappa shape index (κ1) is 19.6. The quantitative estimate of drug-likeness (QED) is 0.404. The first-order valence-electron chi connectivity index (χ1n) is 9.26. The minimum atomic E-state index is 0.477. The first-order valence-corrected chi connectivity index (χ1v) is 10.0. The highest BCUT2D eigenvalue weighted by Gasteiger charge is 2.13. The van der Waals surface area contributed by atoms with E-state index in [-0.39, 0.29) is 0 Å². The van der Waals surface area contributed by atoms with E-state index in [2.05, 4.69) is 15.8 Å². The molecular formula is C21H24ClN3OS. The van der Waals surface area contributed by atoms with Gasteiger partial charge in [0.2, 0.25) is 0 Å². The molecule has 6 heteroatoms. The molecular weight excluding hydrogens is 378 g/mol. The summed E-state index contributed by atoms with van der Waals surface area (Å²) >= 11 is 11.3. The van der Waals surface area contributed by atoms with Crippen LogP contribution >= 0.6 is 23.8 Å². The van der Waals surface area contributed by atoms with E-state index in [1.165, 1.54) is 32.1 Å². The van der Waals surface area contributed by atoms with Gasteiger partial charge in [-0.1, -0.05) is 43.0 Å². The van der Waals surface area contributed by atoms with Gasteiger partial charge in [-0.25, -0.2) is 0 Å². The summed E-state index contributed by atoms with van der Waals surface area (Å²) in [6, 6.07) is 15.9. The number of nitrogens with one attached hydrogen (secondary N) is 2. The lowest BCUT2D eigenvalue weighted by Gasteiger charge is -2.23. The molecule has 0 spiro atoms. The Morgan fingerprint density at radius 2 is 1.93 bits per heavy atom. The van der Waals surface area contributed by atoms with Crippen LogP contribution in [-0.2, 0) is 6.61 Å². The van der Waals surface area contributed by atoms with Crippen LogP contribution in [0, 0.1) is 0 Å². The van der Waals surface area contributed by atoms with Crippen molar-refractivity contribution in [3.63, 3.8) is 0 Å². The Kier molecular flexibility index (Phi) is 7.48. The van der Waals surface area contributed by atoms with E-state index in [1.807, 2.05) is 48.5 Å². The molecule has 0 bridgehead atoms. The molecule has 0 amide bonds. The van der Waals surface area contributed by atoms with E-state index in [4.69, 9.17) is 28.6 Å². The van der Waals surface area contributed by atoms with Crippen LogP contribution in [0.4, 0.5) is 0 Å². The van der Waals surface area contributed by atoms with Gasteiger partial charge in [0.1, 0.15) is 12.4 Å². The Bertz CT molecular complexity index is 773. The molecule has 27 heavy (non-hydrogen) atoms. The summed E-state index contributed by atoms with van der Waals surface area (Å²) in [5, 5.41) is 8.83. The van der Waals surface area contributed by atoms with Gasteiger partial charge in [0.15, 0.2) is 5.11 Å². The maximum Gasteiger partial charge on any atom is 0.187 e. The van der Waals surface area contributed by atoms with Gasteiger partial charge in [-0.15, -0.1) is 0 Å². The summed E-state index contributed by atoms with van der Waals surface area (Å²) in [5.41, 5.74) is 4.90. The van der Waals surface area contributed by atoms with E-state index < -0.39 is 0 Å². The van der Waals surface area contributed by atoms with Crippen LogP contribution in [0.25, 0.3) is 0 Å². The van der Waals surface area contributed by atoms with Gasteiger partial charge in [-0.2, -0.15) is 5.10 Å². The Labute approximate surface area is 171 Å². The Morgan fingerprint density at radius 3 is 2.67 bits per heavy atom. The van der Waals surface area contributed by atoms with E-state index in [0.29, 0.717) is 22.8 Å². The largest absolute Gasteiger partial charge is 0.489 e. The van der Waals surface area contributed by atoms with Gasteiger partial charge in [-0.3, -0.25) is 5.43 Å². The number of hydrazone groups is 1. The van der Waals surface area contributed by atoms with Crippen molar-refractivity contribution < 1.29 is 4.74 Å². The van der Waals surface area contributed by atoms with Crippen LogP contribution in [0.15, 0.2) is 53.6 Å². The van der Waals surface area contributed by atoms with E-state index in [1.54, 1.807) is 6.21 Å². The number of nitrogens with zero attached hydrogens (tertiary/aromatic N) is 1. The molecule has 0 atom stereocenters. The molecule has 1 saturated carbocycles. The summed E-state index contributed by atoms with van der Waals surface area (Å²) in [7, 11) is 0. The molecule has 0 radical (unpaired) electrons. The zero-order valence-corrected chi connectivity index (χ0v) is 16.7. The fraction of sp³-hybridized carbons (Fsp3) is 0.333. The second-order valence-electron chi connectivity index (χ2n) is 6.67. The van der Waals surface area contributed by atoms with Crippen molar-refractivity contribution in [3.05, 3.63) is 64.7 Å². The van der Waals surface area contributed by atoms with Crippen LogP contribution in [0.1, 0.15) is 43.2 Å². The molecule has 0 aromatic heterocycles. The van der Waals surface area contributed by atoms with Crippen LogP contribution in [0.3, 0.4) is 0 Å². The molecule has 0 aliphatic heterocycles. The first-order chi connectivity index (χ1) is 13.2. The highest BCUT2D eigenvalue weighted by atomic mass is 35.5. The zero-order chi connectivity index (χ0) is 18.9. The van der Waals surface area contributed by atoms with Crippen molar-refractivity contribution in [2.75, 3.05) is 0 Å². The predicted molar refractivity (Wildman–Crippen MR) is 116 cm³/mol. The third-order valence-corrected chi connectivity index (χ3v) is 4.94. The molecule has 1 aliphatic rings. The molecule has 1 fully saturated rings. The second-order valence-corrected chi connectivity index (χ2v) is 7.51. The van der Waals surface area contributed by atoms with Gasteiger partial charge in [0.25, 0.3) is 0 Å². The molecule has 0 unspecified atom stereocenters. The number of halogens is 1. The number of benzene rings is 2. The van der Waals surface area contributed by atoms with Crippen LogP contribution in [0.5, 0.6) is 5.75 Å². The standard InChI is InChI=1S/C21H24ClN3OS/c22-18-6-4-5-17(13-18)15-26-20-11-9-16(10-12-20)14-23-25-21(27)24-19-7-2-1-3-8-19/h4-6,9-14,19H,1-3,7-8,15H2,(H2,24,25,27)/b23-14+. The summed E-state index contributed by atoms with van der Waals surface area (Å²) in [6.45, 7) is 0.483. The van der Waals surface area contributed by atoms with Gasteiger partial charge >= 0.3 is 0 Å². The van der Waals surface area contributed by atoms with Crippen molar-refractivity contribution in [2.24, 2.45) is 5.10 Å². The summed E-state index contributed by atoms with van der Waals surface area (Å²) in [4.78, 5) is 0. The summed E-state index contributed by atoms with van der Waals surface area (Å²) in [6.07, 6.45) is 7.99. The average Bonchev–Trinajstić information content (AvgIpc) is 2.68. The maximum absolute atomic E-state index is 5.98. The SMILES string of the molecule is S=C(N/N=C/c1ccc(OCc2cccc(Cl)c2)cc1)NC1CCCCC1. The highest BCUT2D eigenvalue weighted by molar-refractivity contribution is 7.80. The molecule has 0 saturated heterocycles.